The summed E-state index contributed by atoms with van der Waals surface area (Å²) in [4.78, 5) is 0. The van der Waals surface area contributed by atoms with Crippen molar-refractivity contribution in [3.05, 3.63) is 18.2 Å². The van der Waals surface area contributed by atoms with Gasteiger partial charge in [-0.3, -0.25) is 0 Å². The number of ether oxygens (including phenoxy) is 3. The molecule has 1 aromatic carbocycles. The molecule has 0 unspecified atom stereocenters. The van der Waals surface area contributed by atoms with Gasteiger partial charge in [0.1, 0.15) is 12.5 Å². The van der Waals surface area contributed by atoms with E-state index in [9.17, 15) is 0 Å². The molecule has 96 valence electrons. The molecular formula is C12H20N2O3. The lowest BCUT2D eigenvalue weighted by Gasteiger charge is -2.09. The topological polar surface area (TPSA) is 79.7 Å². The maximum atomic E-state index is 5.74. The molecule has 5 nitrogen and oxygen atoms in total. The van der Waals surface area contributed by atoms with Gasteiger partial charge in [-0.15, -0.1) is 0 Å². The lowest BCUT2D eigenvalue weighted by Crippen LogP contribution is -2.06. The Hall–Kier alpha value is -1.46. The first-order chi connectivity index (χ1) is 8.24. The van der Waals surface area contributed by atoms with E-state index in [-0.39, 0.29) is 0 Å². The van der Waals surface area contributed by atoms with E-state index in [0.717, 1.165) is 6.42 Å². The highest BCUT2D eigenvalue weighted by Crippen LogP contribution is 2.23. The highest BCUT2D eigenvalue weighted by atomic mass is 16.7. The van der Waals surface area contributed by atoms with E-state index >= 15 is 0 Å². The van der Waals surface area contributed by atoms with E-state index in [0.29, 0.717) is 43.7 Å². The number of hydrogen-bond acceptors (Lipinski definition) is 5. The summed E-state index contributed by atoms with van der Waals surface area (Å²) >= 11 is 0. The lowest BCUT2D eigenvalue weighted by atomic mass is 10.2. The standard InChI is InChI=1S/C12H20N2O3/c1-2-15-9-16-6-3-7-17-12-8-10(13)4-5-11(12)14/h4-5,8H,2-3,6-7,9,13-14H2,1H3. The van der Waals surface area contributed by atoms with Crippen molar-refractivity contribution >= 4 is 11.4 Å². The van der Waals surface area contributed by atoms with Crippen LogP contribution in [0.25, 0.3) is 0 Å². The van der Waals surface area contributed by atoms with Gasteiger partial charge in [0.15, 0.2) is 0 Å². The number of nitrogens with two attached hydrogens (primary N) is 2. The second-order valence-electron chi connectivity index (χ2n) is 3.52. The fourth-order valence-corrected chi connectivity index (χ4v) is 1.22. The first kappa shape index (κ1) is 13.6. The monoisotopic (exact) mass is 240 g/mol. The van der Waals surface area contributed by atoms with Gasteiger partial charge in [-0.2, -0.15) is 0 Å². The number of rotatable bonds is 8. The van der Waals surface area contributed by atoms with Crippen molar-refractivity contribution < 1.29 is 14.2 Å². The van der Waals surface area contributed by atoms with Crippen LogP contribution >= 0.6 is 0 Å². The summed E-state index contributed by atoms with van der Waals surface area (Å²) in [5.41, 5.74) is 12.6. The van der Waals surface area contributed by atoms with Crippen molar-refractivity contribution in [3.63, 3.8) is 0 Å². The van der Waals surface area contributed by atoms with E-state index in [1.165, 1.54) is 0 Å². The Labute approximate surface area is 102 Å². The Kier molecular flexibility index (Phi) is 6.21. The second-order valence-corrected chi connectivity index (χ2v) is 3.52. The van der Waals surface area contributed by atoms with Gasteiger partial charge in [0.2, 0.25) is 0 Å². The second kappa shape index (κ2) is 7.76. The molecule has 0 atom stereocenters. The van der Waals surface area contributed by atoms with Gasteiger partial charge in [0.05, 0.1) is 18.9 Å². The summed E-state index contributed by atoms with van der Waals surface area (Å²) in [5, 5.41) is 0. The molecule has 0 aliphatic heterocycles. The van der Waals surface area contributed by atoms with Crippen LogP contribution < -0.4 is 16.2 Å². The van der Waals surface area contributed by atoms with Gasteiger partial charge in [0, 0.05) is 24.8 Å². The Morgan fingerprint density at radius 3 is 2.71 bits per heavy atom. The molecule has 0 radical (unpaired) electrons. The van der Waals surface area contributed by atoms with E-state index in [1.54, 1.807) is 18.2 Å². The van der Waals surface area contributed by atoms with Gasteiger partial charge in [-0.25, -0.2) is 0 Å². The first-order valence-electron chi connectivity index (χ1n) is 5.67. The molecule has 0 spiro atoms. The Morgan fingerprint density at radius 1 is 1.12 bits per heavy atom. The van der Waals surface area contributed by atoms with Crippen LogP contribution in [-0.2, 0) is 9.47 Å². The fourth-order valence-electron chi connectivity index (χ4n) is 1.22. The van der Waals surface area contributed by atoms with Gasteiger partial charge in [-0.05, 0) is 19.1 Å². The van der Waals surface area contributed by atoms with E-state index in [2.05, 4.69) is 0 Å². The van der Waals surface area contributed by atoms with Crippen molar-refractivity contribution in [2.45, 2.75) is 13.3 Å². The quantitative estimate of drug-likeness (QED) is 0.410. The number of nitrogen functional groups attached to an aromatic ring is 2. The largest absolute Gasteiger partial charge is 0.491 e. The number of hydrogen-bond donors (Lipinski definition) is 2. The molecule has 0 fully saturated rings. The molecule has 0 saturated heterocycles. The molecule has 0 aliphatic carbocycles. The zero-order valence-electron chi connectivity index (χ0n) is 10.1. The minimum absolute atomic E-state index is 0.330. The minimum atomic E-state index is 0.330. The summed E-state index contributed by atoms with van der Waals surface area (Å²) in [6.07, 6.45) is 0.779. The third-order valence-corrected chi connectivity index (χ3v) is 2.10. The van der Waals surface area contributed by atoms with Gasteiger partial charge in [-0.1, -0.05) is 0 Å². The maximum Gasteiger partial charge on any atom is 0.146 e. The normalized spacial score (nSPS) is 10.4. The SMILES string of the molecule is CCOCOCCCOc1cc(N)ccc1N. The Balaban J connectivity index is 2.15. The van der Waals surface area contributed by atoms with E-state index in [4.69, 9.17) is 25.7 Å². The molecule has 0 saturated carbocycles. The van der Waals surface area contributed by atoms with Crippen molar-refractivity contribution in [1.29, 1.82) is 0 Å². The summed E-state index contributed by atoms with van der Waals surface area (Å²) in [7, 11) is 0. The van der Waals surface area contributed by atoms with E-state index < -0.39 is 0 Å². The average molecular weight is 240 g/mol. The zero-order chi connectivity index (χ0) is 12.5. The van der Waals surface area contributed by atoms with E-state index in [1.807, 2.05) is 6.92 Å². The smallest absolute Gasteiger partial charge is 0.146 e. The molecule has 1 rings (SSSR count). The van der Waals surface area contributed by atoms with Crippen LogP contribution in [0.1, 0.15) is 13.3 Å². The highest BCUT2D eigenvalue weighted by Gasteiger charge is 2.00. The lowest BCUT2D eigenvalue weighted by molar-refractivity contribution is -0.0515. The van der Waals surface area contributed by atoms with Gasteiger partial charge < -0.3 is 25.7 Å². The summed E-state index contributed by atoms with van der Waals surface area (Å²) < 4.78 is 15.7. The number of anilines is 2. The molecule has 0 heterocycles. The molecule has 17 heavy (non-hydrogen) atoms. The average Bonchev–Trinajstić information content (AvgIpc) is 2.32. The zero-order valence-corrected chi connectivity index (χ0v) is 10.1. The number of benzene rings is 1. The maximum absolute atomic E-state index is 5.74. The first-order valence-corrected chi connectivity index (χ1v) is 5.67. The molecule has 0 bridgehead atoms. The van der Waals surface area contributed by atoms with Crippen LogP contribution in [0.15, 0.2) is 18.2 Å². The fraction of sp³-hybridized carbons (Fsp3) is 0.500. The van der Waals surface area contributed by atoms with Crippen molar-refractivity contribution in [2.75, 3.05) is 38.1 Å². The third-order valence-electron chi connectivity index (χ3n) is 2.10. The third kappa shape index (κ3) is 5.42. The summed E-state index contributed by atoms with van der Waals surface area (Å²) in [6.45, 7) is 4.06. The van der Waals surface area contributed by atoms with Gasteiger partial charge >= 0.3 is 0 Å². The Morgan fingerprint density at radius 2 is 1.94 bits per heavy atom. The van der Waals surface area contributed by atoms with Crippen LogP contribution in [-0.4, -0.2) is 26.6 Å². The van der Waals surface area contributed by atoms with Crippen LogP contribution in [0.5, 0.6) is 5.75 Å². The van der Waals surface area contributed by atoms with Crippen molar-refractivity contribution in [2.24, 2.45) is 0 Å². The van der Waals surface area contributed by atoms with Crippen molar-refractivity contribution in [1.82, 2.24) is 0 Å². The highest BCUT2D eigenvalue weighted by molar-refractivity contribution is 5.59. The molecule has 0 aliphatic rings. The molecule has 5 heteroatoms. The van der Waals surface area contributed by atoms with Crippen LogP contribution in [0.4, 0.5) is 11.4 Å². The van der Waals surface area contributed by atoms with Crippen LogP contribution in [0, 0.1) is 0 Å². The van der Waals surface area contributed by atoms with Crippen LogP contribution in [0.3, 0.4) is 0 Å². The van der Waals surface area contributed by atoms with Crippen LogP contribution in [0.2, 0.25) is 0 Å². The molecule has 0 aromatic heterocycles. The predicted molar refractivity (Wildman–Crippen MR) is 67.8 cm³/mol. The summed E-state index contributed by atoms with van der Waals surface area (Å²) in [6, 6.07) is 5.19. The molecular weight excluding hydrogens is 220 g/mol. The Bertz CT molecular complexity index is 332. The van der Waals surface area contributed by atoms with Gasteiger partial charge in [0.25, 0.3) is 0 Å². The molecule has 1 aromatic rings. The predicted octanol–water partition coefficient (Wildman–Crippen LogP) is 1.63. The van der Waals surface area contributed by atoms with Crippen molar-refractivity contribution in [3.8, 4) is 5.75 Å². The molecule has 0 amide bonds. The minimum Gasteiger partial charge on any atom is -0.491 e. The summed E-state index contributed by atoms with van der Waals surface area (Å²) in [5.74, 6) is 0.620. The molecule has 4 N–H and O–H groups in total.